The summed E-state index contributed by atoms with van der Waals surface area (Å²) in [6, 6.07) is 13.7. The Kier molecular flexibility index (Phi) is 23.1. The fourth-order valence-electron chi connectivity index (χ4n) is 12.1. The zero-order chi connectivity index (χ0) is 70.1. The molecule has 2 nitrogen and oxygen atoms in total. The minimum Gasteiger partial charge on any atom is -0.475 e. The second kappa shape index (κ2) is 29.0. The minimum atomic E-state index is -6.13. The van der Waals surface area contributed by atoms with Crippen LogP contribution in [-0.2, 0) is 74.3 Å². The molecule has 519 valence electrons. The Morgan fingerprint density at radius 2 is 0.667 bits per heavy atom. The Bertz CT molecular complexity index is 3350. The normalized spacial score (nSPS) is 18.8. The molecule has 29 heteroatoms. The predicted octanol–water partition coefficient (Wildman–Crippen LogP) is 19.8. The van der Waals surface area contributed by atoms with Gasteiger partial charge in [-0.3, -0.25) is 0 Å². The van der Waals surface area contributed by atoms with Gasteiger partial charge in [-0.15, -0.1) is 0 Å². The second-order valence-electron chi connectivity index (χ2n) is 23.3. The van der Waals surface area contributed by atoms with Gasteiger partial charge in [-0.1, -0.05) is 159 Å². The summed E-state index contributed by atoms with van der Waals surface area (Å²) in [4.78, 5) is 5.03. The van der Waals surface area contributed by atoms with Gasteiger partial charge < -0.3 is 4.74 Å². The van der Waals surface area contributed by atoms with Crippen molar-refractivity contribution in [3.63, 3.8) is 0 Å². The van der Waals surface area contributed by atoms with Crippen LogP contribution >= 0.6 is 7.92 Å². The van der Waals surface area contributed by atoms with Crippen LogP contribution < -0.4 is 32.5 Å². The molecule has 4 aliphatic rings. The molecular formula is C67H54BF24IrNOP-. The maximum atomic E-state index is 14.2. The van der Waals surface area contributed by atoms with Crippen LogP contribution in [0.4, 0.5) is 105 Å². The largest absolute Gasteiger partial charge is 0.475 e. The van der Waals surface area contributed by atoms with E-state index in [9.17, 15) is 105 Å². The van der Waals surface area contributed by atoms with Crippen LogP contribution in [0.5, 0.6) is 0 Å². The number of hydrogen-bond donors (Lipinski definition) is 0. The zero-order valence-electron chi connectivity index (χ0n) is 50.0. The zero-order valence-corrected chi connectivity index (χ0v) is 53.3. The van der Waals surface area contributed by atoms with Gasteiger partial charge in [0, 0.05) is 31.1 Å². The summed E-state index contributed by atoms with van der Waals surface area (Å²) >= 11 is 0. The molecule has 10 rings (SSSR count). The monoisotopic (exact) mass is 1580 g/mol. The van der Waals surface area contributed by atoms with Crippen LogP contribution in [0.15, 0.2) is 186 Å². The van der Waals surface area contributed by atoms with E-state index in [2.05, 4.69) is 111 Å². The number of ether oxygens (including phenoxy) is 1. The summed E-state index contributed by atoms with van der Waals surface area (Å²) in [6.45, 7) is 5.21. The van der Waals surface area contributed by atoms with Crippen molar-refractivity contribution in [2.24, 2.45) is 16.3 Å². The van der Waals surface area contributed by atoms with E-state index in [4.69, 9.17) is 9.73 Å². The minimum absolute atomic E-state index is 0. The average molecular weight is 1580 g/mol. The fourth-order valence-corrected chi connectivity index (χ4v) is 15.0. The van der Waals surface area contributed by atoms with Crippen molar-refractivity contribution in [2.75, 3.05) is 6.61 Å². The first kappa shape index (κ1) is 76.6. The van der Waals surface area contributed by atoms with Crippen LogP contribution in [0.25, 0.3) is 0 Å². The third-order valence-corrected chi connectivity index (χ3v) is 19.3. The SMILES string of the molecule is C1=C\CC/C=C\CC/1.CC(C)C1COC(C2=CCCC23CCC=C3P(c2ccccc2)c2ccccc2)=N1.FC(F)(F)c1cc([B-](c2cc(C(F)(F)F)cc(C(F)(F)F)c2)(c2cc(C(F)(F)F)cc(C(F)(F)F)c2)c2cc(C(F)(F)F)cc(C(F)(F)F)c2)cc(C(F)(F)F)c1.[Ir]. The Balaban J connectivity index is 0.000000273. The first-order chi connectivity index (χ1) is 44.0. The summed E-state index contributed by atoms with van der Waals surface area (Å²) < 4.78 is 347. The molecule has 1 aliphatic heterocycles. The predicted molar refractivity (Wildman–Crippen MR) is 315 cm³/mol. The molecule has 0 saturated heterocycles. The molecule has 96 heavy (non-hydrogen) atoms. The van der Waals surface area contributed by atoms with Gasteiger partial charge in [-0.2, -0.15) is 127 Å². The first-order valence-corrected chi connectivity index (χ1v) is 30.5. The Morgan fingerprint density at radius 1 is 0.396 bits per heavy atom. The molecule has 0 N–H and O–H groups in total. The number of benzene rings is 6. The number of halogens is 24. The van der Waals surface area contributed by atoms with Gasteiger partial charge in [0.1, 0.15) is 12.8 Å². The quantitative estimate of drug-likeness (QED) is 0.0612. The first-order valence-electron chi connectivity index (χ1n) is 29.1. The van der Waals surface area contributed by atoms with E-state index in [0.29, 0.717) is 5.92 Å². The van der Waals surface area contributed by atoms with Crippen molar-refractivity contribution in [1.82, 2.24) is 0 Å². The van der Waals surface area contributed by atoms with Gasteiger partial charge >= 0.3 is 49.4 Å². The molecule has 0 bridgehead atoms. The van der Waals surface area contributed by atoms with Crippen LogP contribution in [0.2, 0.25) is 0 Å². The molecule has 0 saturated carbocycles. The number of rotatable bonds is 9. The summed E-state index contributed by atoms with van der Waals surface area (Å²) in [5.41, 5.74) is -28.7. The molecular weight excluding hydrogens is 1520 g/mol. The second-order valence-corrected chi connectivity index (χ2v) is 25.4. The van der Waals surface area contributed by atoms with E-state index in [-0.39, 0.29) is 31.6 Å². The summed E-state index contributed by atoms with van der Waals surface area (Å²) in [5, 5.41) is 4.48. The molecule has 3 aliphatic carbocycles. The van der Waals surface area contributed by atoms with Gasteiger partial charge in [-0.25, -0.2) is 4.99 Å². The van der Waals surface area contributed by atoms with Crippen LogP contribution in [0.1, 0.15) is 110 Å². The van der Waals surface area contributed by atoms with E-state index in [1.165, 1.54) is 54.7 Å². The molecule has 0 amide bonds. The molecule has 2 atom stereocenters. The van der Waals surface area contributed by atoms with Crippen LogP contribution in [0.3, 0.4) is 0 Å². The number of aliphatic imine (C=N–C) groups is 1. The van der Waals surface area contributed by atoms with Crippen LogP contribution in [-0.4, -0.2) is 24.7 Å². The van der Waals surface area contributed by atoms with Gasteiger partial charge in [0.15, 0.2) is 0 Å². The molecule has 1 spiro atoms. The fraction of sp³-hybridized carbons (Fsp3) is 0.328. The molecule has 6 aromatic carbocycles. The maximum absolute atomic E-state index is 14.2. The Hall–Kier alpha value is -6.79. The molecule has 6 aromatic rings. The van der Waals surface area contributed by atoms with Crippen molar-refractivity contribution in [2.45, 2.75) is 121 Å². The van der Waals surface area contributed by atoms with Crippen molar-refractivity contribution < 1.29 is 130 Å². The molecule has 0 fully saturated rings. The molecule has 1 heterocycles. The van der Waals surface area contributed by atoms with Crippen molar-refractivity contribution in [1.29, 1.82) is 0 Å². The molecule has 1 radical (unpaired) electrons. The van der Waals surface area contributed by atoms with Gasteiger partial charge in [0.25, 0.3) is 0 Å². The molecule has 2 unspecified atom stereocenters. The summed E-state index contributed by atoms with van der Waals surface area (Å²) in [5.74, 6) is 1.44. The molecule has 0 aromatic heterocycles. The third kappa shape index (κ3) is 17.5. The van der Waals surface area contributed by atoms with Gasteiger partial charge in [-0.05, 0) is 105 Å². The standard InChI is InChI=1S/C32H12BF24.C27H30NOP.C8H12.Ir/c34-25(35,36)13-1-14(26(37,38)39)6-21(5-13)33(22-7-15(27(40,41)42)2-16(8-22)28(43,44)45,23-9-17(29(46,47)48)3-18(10-23)30(49,50)51)24-11-19(31(52,53)54)4-20(12-24)32(55,56)57;1-20(2)24-19-29-26(28-24)23-15-9-17-27(23)18-10-16-25(27)30(21-11-5-3-6-12-21)22-13-7-4-8-14-22;1-2-4-6-8-7-5-3-1;/h1-12H;3-8,11-16,20,24H,9-10,17-19H2,1-2H3;1-2,7-8H,3-6H2;/q-1;;;/b;;2-1-,8-7-;. The number of alkyl halides is 24. The number of hydrogen-bond acceptors (Lipinski definition) is 2. The Labute approximate surface area is 549 Å². The van der Waals surface area contributed by atoms with E-state index in [1.54, 1.807) is 5.31 Å². The number of allylic oxidation sites excluding steroid dienone is 7. The summed E-state index contributed by atoms with van der Waals surface area (Å²) in [7, 11) is -0.566. The smallest absolute Gasteiger partial charge is 0.416 e. The summed E-state index contributed by atoms with van der Waals surface area (Å²) in [6.07, 6.45) is -31.2. The topological polar surface area (TPSA) is 21.6 Å². The van der Waals surface area contributed by atoms with Gasteiger partial charge in [0.2, 0.25) is 5.90 Å². The Morgan fingerprint density at radius 3 is 0.917 bits per heavy atom. The van der Waals surface area contributed by atoms with E-state index in [0.717, 1.165) is 25.3 Å². The van der Waals surface area contributed by atoms with Crippen molar-refractivity contribution in [3.05, 3.63) is 225 Å². The number of nitrogens with zero attached hydrogens (tertiary/aromatic N) is 1. The van der Waals surface area contributed by atoms with E-state index >= 15 is 0 Å². The van der Waals surface area contributed by atoms with Gasteiger partial charge in [0.05, 0.1) is 50.5 Å². The van der Waals surface area contributed by atoms with Crippen molar-refractivity contribution >= 4 is 52.4 Å². The van der Waals surface area contributed by atoms with E-state index in [1.807, 2.05) is 0 Å². The average Bonchev–Trinajstić information content (AvgIpc) is 0.876. The van der Waals surface area contributed by atoms with E-state index < -0.39 is 203 Å². The maximum Gasteiger partial charge on any atom is 0.416 e. The third-order valence-electron chi connectivity index (χ3n) is 16.6. The van der Waals surface area contributed by atoms with Crippen LogP contribution in [0, 0.1) is 11.3 Å². The van der Waals surface area contributed by atoms with Crippen molar-refractivity contribution in [3.8, 4) is 0 Å².